The van der Waals surface area contributed by atoms with Gasteiger partial charge in [-0.05, 0) is 37.3 Å². The van der Waals surface area contributed by atoms with E-state index in [0.29, 0.717) is 16.9 Å². The molecule has 4 heteroatoms. The smallest absolute Gasteiger partial charge is 0.127 e. The van der Waals surface area contributed by atoms with Crippen molar-refractivity contribution < 1.29 is 0 Å². The monoisotopic (exact) mass is 253 g/mol. The average molecular weight is 254 g/mol. The Bertz CT molecular complexity index is 408. The molecule has 1 aromatic rings. The van der Waals surface area contributed by atoms with Crippen LogP contribution in [0.5, 0.6) is 0 Å². The molecule has 1 heterocycles. The van der Waals surface area contributed by atoms with Crippen molar-refractivity contribution in [2.45, 2.75) is 44.6 Å². The maximum Gasteiger partial charge on any atom is 0.127 e. The molecular weight excluding hydrogens is 234 g/mol. The highest BCUT2D eigenvalue weighted by Crippen LogP contribution is 2.43. The molecule has 1 aromatic heterocycles. The fourth-order valence-corrected chi connectivity index (χ4v) is 3.04. The molecule has 0 spiro atoms. The van der Waals surface area contributed by atoms with Crippen LogP contribution in [0.1, 0.15) is 38.7 Å². The highest BCUT2D eigenvalue weighted by atomic mass is 35.5. The number of aromatic nitrogens is 1. The molecule has 17 heavy (non-hydrogen) atoms. The van der Waals surface area contributed by atoms with Crippen molar-refractivity contribution in [1.82, 2.24) is 10.3 Å². The first-order chi connectivity index (χ1) is 8.05. The quantitative estimate of drug-likeness (QED) is 0.871. The van der Waals surface area contributed by atoms with Crippen LogP contribution in [0, 0.1) is 0 Å². The lowest BCUT2D eigenvalue weighted by atomic mass is 9.81. The van der Waals surface area contributed by atoms with Gasteiger partial charge in [0.15, 0.2) is 0 Å². The average Bonchev–Trinajstić information content (AvgIpc) is 2.66. The van der Waals surface area contributed by atoms with Crippen LogP contribution in [0.2, 0.25) is 5.02 Å². The van der Waals surface area contributed by atoms with Crippen molar-refractivity contribution in [1.29, 1.82) is 0 Å². The van der Waals surface area contributed by atoms with Crippen molar-refractivity contribution in [2.75, 3.05) is 12.3 Å². The molecule has 94 valence electrons. The van der Waals surface area contributed by atoms with Gasteiger partial charge in [-0.2, -0.15) is 0 Å². The topological polar surface area (TPSA) is 50.9 Å². The van der Waals surface area contributed by atoms with E-state index in [1.165, 1.54) is 6.42 Å². The molecule has 2 unspecified atom stereocenters. The number of hydrogen-bond acceptors (Lipinski definition) is 3. The first kappa shape index (κ1) is 12.7. The summed E-state index contributed by atoms with van der Waals surface area (Å²) in [6, 6.07) is 2.56. The highest BCUT2D eigenvalue weighted by Gasteiger charge is 2.37. The fraction of sp³-hybridized carbons (Fsp3) is 0.615. The van der Waals surface area contributed by atoms with Gasteiger partial charge in [0.1, 0.15) is 5.82 Å². The van der Waals surface area contributed by atoms with Crippen molar-refractivity contribution >= 4 is 17.4 Å². The first-order valence-electron chi connectivity index (χ1n) is 6.20. The van der Waals surface area contributed by atoms with Crippen LogP contribution in [0.3, 0.4) is 0 Å². The summed E-state index contributed by atoms with van der Waals surface area (Å²) < 4.78 is 0. The molecular formula is C13H20ClN3. The molecule has 2 rings (SSSR count). The van der Waals surface area contributed by atoms with Crippen LogP contribution >= 0.6 is 11.6 Å². The van der Waals surface area contributed by atoms with Gasteiger partial charge >= 0.3 is 0 Å². The predicted molar refractivity (Wildman–Crippen MR) is 72.3 cm³/mol. The van der Waals surface area contributed by atoms with Crippen molar-refractivity contribution in [2.24, 2.45) is 0 Å². The lowest BCUT2D eigenvalue weighted by Crippen LogP contribution is -2.29. The Morgan fingerprint density at radius 2 is 2.41 bits per heavy atom. The van der Waals surface area contributed by atoms with Crippen LogP contribution in [-0.4, -0.2) is 17.6 Å². The standard InChI is InChI=1S/C13H20ClN3/c1-3-16-10-4-5-13(2,7-10)11-6-9(14)8-17-12(11)15/h6,8,10,16H,3-5,7H2,1-2H3,(H2,15,17). The van der Waals surface area contributed by atoms with E-state index in [0.717, 1.165) is 24.9 Å². The molecule has 2 atom stereocenters. The van der Waals surface area contributed by atoms with E-state index in [-0.39, 0.29) is 5.41 Å². The number of hydrogen-bond donors (Lipinski definition) is 2. The number of nitrogens with zero attached hydrogens (tertiary/aromatic N) is 1. The van der Waals surface area contributed by atoms with Gasteiger partial charge in [-0.1, -0.05) is 25.4 Å². The zero-order valence-electron chi connectivity index (χ0n) is 10.5. The number of nitrogen functional groups attached to an aromatic ring is 1. The number of pyridine rings is 1. The van der Waals surface area contributed by atoms with Crippen molar-refractivity contribution in [3.63, 3.8) is 0 Å². The molecule has 1 aliphatic carbocycles. The highest BCUT2D eigenvalue weighted by molar-refractivity contribution is 6.30. The number of anilines is 1. The van der Waals surface area contributed by atoms with Gasteiger partial charge in [-0.15, -0.1) is 0 Å². The number of rotatable bonds is 3. The van der Waals surface area contributed by atoms with E-state index >= 15 is 0 Å². The van der Waals surface area contributed by atoms with E-state index < -0.39 is 0 Å². The molecule has 0 aromatic carbocycles. The van der Waals surface area contributed by atoms with E-state index in [2.05, 4.69) is 24.1 Å². The summed E-state index contributed by atoms with van der Waals surface area (Å²) in [5, 5.41) is 4.18. The van der Waals surface area contributed by atoms with Gasteiger partial charge in [0, 0.05) is 17.8 Å². The largest absolute Gasteiger partial charge is 0.383 e. The molecule has 0 aliphatic heterocycles. The predicted octanol–water partition coefficient (Wildman–Crippen LogP) is 2.74. The molecule has 0 saturated heterocycles. The Balaban J connectivity index is 2.24. The third-order valence-corrected chi connectivity index (χ3v) is 3.98. The van der Waals surface area contributed by atoms with Crippen molar-refractivity contribution in [3.8, 4) is 0 Å². The van der Waals surface area contributed by atoms with Crippen LogP contribution in [0.15, 0.2) is 12.3 Å². The Hall–Kier alpha value is -0.800. The van der Waals surface area contributed by atoms with Gasteiger partial charge in [-0.3, -0.25) is 0 Å². The second-order valence-electron chi connectivity index (χ2n) is 5.14. The van der Waals surface area contributed by atoms with Gasteiger partial charge in [0.2, 0.25) is 0 Å². The SMILES string of the molecule is CCNC1CCC(C)(c2cc(Cl)cnc2N)C1. The molecule has 0 bridgehead atoms. The van der Waals surface area contributed by atoms with E-state index in [4.69, 9.17) is 17.3 Å². The van der Waals surface area contributed by atoms with Crippen LogP contribution in [0.25, 0.3) is 0 Å². The molecule has 1 saturated carbocycles. The third kappa shape index (κ3) is 2.55. The van der Waals surface area contributed by atoms with E-state index in [9.17, 15) is 0 Å². The Morgan fingerprint density at radius 1 is 1.65 bits per heavy atom. The maximum atomic E-state index is 6.02. The molecule has 1 fully saturated rings. The van der Waals surface area contributed by atoms with Gasteiger partial charge in [0.05, 0.1) is 5.02 Å². The number of halogens is 1. The minimum absolute atomic E-state index is 0.106. The second kappa shape index (κ2) is 4.83. The summed E-state index contributed by atoms with van der Waals surface area (Å²) in [4.78, 5) is 4.16. The van der Waals surface area contributed by atoms with E-state index in [1.54, 1.807) is 6.20 Å². The zero-order chi connectivity index (χ0) is 12.5. The van der Waals surface area contributed by atoms with Crippen LogP contribution in [-0.2, 0) is 5.41 Å². The fourth-order valence-electron chi connectivity index (χ4n) is 2.88. The molecule has 3 nitrogen and oxygen atoms in total. The minimum atomic E-state index is 0.106. The summed E-state index contributed by atoms with van der Waals surface area (Å²) in [6.45, 7) is 5.42. The third-order valence-electron chi connectivity index (χ3n) is 3.77. The summed E-state index contributed by atoms with van der Waals surface area (Å²) >= 11 is 6.02. The normalized spacial score (nSPS) is 28.5. The second-order valence-corrected chi connectivity index (χ2v) is 5.58. The van der Waals surface area contributed by atoms with Crippen LogP contribution < -0.4 is 11.1 Å². The van der Waals surface area contributed by atoms with Gasteiger partial charge < -0.3 is 11.1 Å². The van der Waals surface area contributed by atoms with Crippen molar-refractivity contribution in [3.05, 3.63) is 22.8 Å². The maximum absolute atomic E-state index is 6.02. The minimum Gasteiger partial charge on any atom is -0.383 e. The zero-order valence-corrected chi connectivity index (χ0v) is 11.2. The molecule has 0 radical (unpaired) electrons. The Morgan fingerprint density at radius 3 is 3.12 bits per heavy atom. The molecule has 0 amide bonds. The summed E-state index contributed by atoms with van der Waals surface area (Å²) in [6.07, 6.45) is 5.04. The summed E-state index contributed by atoms with van der Waals surface area (Å²) in [5.74, 6) is 0.619. The van der Waals surface area contributed by atoms with Gasteiger partial charge in [0.25, 0.3) is 0 Å². The molecule has 1 aliphatic rings. The number of nitrogens with two attached hydrogens (primary N) is 1. The Labute approximate surface area is 108 Å². The van der Waals surface area contributed by atoms with Gasteiger partial charge in [-0.25, -0.2) is 4.98 Å². The summed E-state index contributed by atoms with van der Waals surface area (Å²) in [5.41, 5.74) is 7.19. The Kier molecular flexibility index (Phi) is 3.59. The first-order valence-corrected chi connectivity index (χ1v) is 6.58. The van der Waals surface area contributed by atoms with Crippen LogP contribution in [0.4, 0.5) is 5.82 Å². The molecule has 3 N–H and O–H groups in total. The van der Waals surface area contributed by atoms with E-state index in [1.807, 2.05) is 6.07 Å². The number of nitrogens with one attached hydrogen (secondary N) is 1. The summed E-state index contributed by atoms with van der Waals surface area (Å²) in [7, 11) is 0. The lowest BCUT2D eigenvalue weighted by Gasteiger charge is -2.26. The lowest BCUT2D eigenvalue weighted by molar-refractivity contribution is 0.458.